The van der Waals surface area contributed by atoms with Gasteiger partial charge in [-0.05, 0) is 36.4 Å². The summed E-state index contributed by atoms with van der Waals surface area (Å²) in [5, 5.41) is 4.07. The second-order valence-electron chi connectivity index (χ2n) is 5.02. The number of thioether (sulfide) groups is 1. The van der Waals surface area contributed by atoms with Crippen molar-refractivity contribution in [3.05, 3.63) is 40.6 Å². The summed E-state index contributed by atoms with van der Waals surface area (Å²) < 4.78 is 14.1. The van der Waals surface area contributed by atoms with Gasteiger partial charge >= 0.3 is 0 Å². The summed E-state index contributed by atoms with van der Waals surface area (Å²) >= 11 is 1.44. The lowest BCUT2D eigenvalue weighted by atomic mass is 9.93. The molecule has 1 unspecified atom stereocenters. The van der Waals surface area contributed by atoms with Crippen LogP contribution in [0.4, 0.5) is 4.39 Å². The summed E-state index contributed by atoms with van der Waals surface area (Å²) in [6.07, 6.45) is 0.372. The fraction of sp³-hybridized carbons (Fsp3) is 0.412. The topological polar surface area (TPSA) is 41.5 Å². The van der Waals surface area contributed by atoms with Crippen molar-refractivity contribution >= 4 is 23.4 Å². The third kappa shape index (κ3) is 4.44. The fourth-order valence-corrected chi connectivity index (χ4v) is 2.91. The molecule has 1 aromatic carbocycles. The molecular formula is C17H23FN2OS. The van der Waals surface area contributed by atoms with E-state index in [4.69, 9.17) is 0 Å². The maximum absolute atomic E-state index is 14.1. The lowest BCUT2D eigenvalue weighted by Gasteiger charge is -2.20. The van der Waals surface area contributed by atoms with E-state index in [1.807, 2.05) is 33.8 Å². The predicted molar refractivity (Wildman–Crippen MR) is 91.6 cm³/mol. The van der Waals surface area contributed by atoms with Gasteiger partial charge in [-0.3, -0.25) is 4.79 Å². The highest BCUT2D eigenvalue weighted by molar-refractivity contribution is 8.03. The molecule has 0 saturated carbocycles. The van der Waals surface area contributed by atoms with Gasteiger partial charge in [-0.2, -0.15) is 5.10 Å². The van der Waals surface area contributed by atoms with Gasteiger partial charge in [0.25, 0.3) is 0 Å². The molecule has 1 heterocycles. The lowest BCUT2D eigenvalue weighted by Crippen LogP contribution is -2.32. The van der Waals surface area contributed by atoms with Crippen molar-refractivity contribution in [1.29, 1.82) is 0 Å². The number of nitrogens with one attached hydrogen (secondary N) is 1. The van der Waals surface area contributed by atoms with E-state index in [1.165, 1.54) is 17.8 Å². The number of amides is 1. The summed E-state index contributed by atoms with van der Waals surface area (Å²) in [7, 11) is 0. The first-order valence-corrected chi connectivity index (χ1v) is 8.20. The highest BCUT2D eigenvalue weighted by atomic mass is 32.2. The van der Waals surface area contributed by atoms with Crippen LogP contribution < -0.4 is 5.43 Å². The Morgan fingerprint density at radius 2 is 2.09 bits per heavy atom. The van der Waals surface area contributed by atoms with E-state index in [-0.39, 0.29) is 17.6 Å². The number of hydrogen-bond donors (Lipinski definition) is 1. The highest BCUT2D eigenvalue weighted by Gasteiger charge is 2.23. The molecule has 120 valence electrons. The maximum atomic E-state index is 14.1. The standard InChI is InChI=1S/C15H17FN2OS.C2H6/c1-8(2)20-13-7-11(6-12(16)10(13)4)15-9(3)5-14(19)17-18-15;1-2/h6-7,9H,1,5H2,2-4H3,(H,17,19);1-2H3. The Kier molecular flexibility index (Phi) is 6.81. The van der Waals surface area contributed by atoms with E-state index in [9.17, 15) is 9.18 Å². The van der Waals surface area contributed by atoms with E-state index >= 15 is 0 Å². The van der Waals surface area contributed by atoms with Crippen molar-refractivity contribution < 1.29 is 9.18 Å². The van der Waals surface area contributed by atoms with Gasteiger partial charge < -0.3 is 0 Å². The number of carbonyl (C=O) groups excluding carboxylic acids is 1. The summed E-state index contributed by atoms with van der Waals surface area (Å²) in [5.41, 5.74) is 4.49. The molecule has 0 spiro atoms. The molecule has 1 aliphatic rings. The minimum absolute atomic E-state index is 0.0199. The quantitative estimate of drug-likeness (QED) is 0.823. The molecule has 1 atom stereocenters. The number of halogens is 1. The molecule has 5 heteroatoms. The van der Waals surface area contributed by atoms with Gasteiger partial charge in [0, 0.05) is 22.8 Å². The summed E-state index contributed by atoms with van der Waals surface area (Å²) in [6.45, 7) is 13.4. The van der Waals surface area contributed by atoms with Crippen LogP contribution in [-0.4, -0.2) is 11.6 Å². The zero-order chi connectivity index (χ0) is 16.9. The Labute approximate surface area is 136 Å². The molecule has 0 radical (unpaired) electrons. The van der Waals surface area contributed by atoms with Crippen LogP contribution in [0.2, 0.25) is 0 Å². The summed E-state index contributed by atoms with van der Waals surface area (Å²) in [4.78, 5) is 13.0. The molecule has 1 aromatic rings. The molecule has 1 amide bonds. The number of nitrogens with zero attached hydrogens (tertiary/aromatic N) is 1. The zero-order valence-electron chi connectivity index (χ0n) is 13.8. The van der Waals surface area contributed by atoms with Crippen LogP contribution in [0.15, 0.2) is 33.6 Å². The number of carbonyl (C=O) groups is 1. The first-order chi connectivity index (χ1) is 10.4. The number of hydrogen-bond acceptors (Lipinski definition) is 3. The van der Waals surface area contributed by atoms with Crippen molar-refractivity contribution in [1.82, 2.24) is 5.43 Å². The molecule has 0 saturated heterocycles. The van der Waals surface area contributed by atoms with Crippen molar-refractivity contribution in [2.24, 2.45) is 11.0 Å². The monoisotopic (exact) mass is 322 g/mol. The molecular weight excluding hydrogens is 299 g/mol. The van der Waals surface area contributed by atoms with E-state index in [2.05, 4.69) is 17.1 Å². The predicted octanol–water partition coefficient (Wildman–Crippen LogP) is 4.65. The summed E-state index contributed by atoms with van der Waals surface area (Å²) in [6, 6.07) is 3.38. The van der Waals surface area contributed by atoms with Crippen molar-refractivity contribution in [2.45, 2.75) is 45.9 Å². The molecule has 3 nitrogen and oxygen atoms in total. The Bertz CT molecular complexity index is 611. The van der Waals surface area contributed by atoms with E-state index in [0.717, 1.165) is 9.80 Å². The van der Waals surface area contributed by atoms with Gasteiger partial charge in [-0.15, -0.1) is 0 Å². The van der Waals surface area contributed by atoms with Crippen LogP contribution in [0.3, 0.4) is 0 Å². The number of hydrazone groups is 1. The minimum atomic E-state index is -0.266. The average molecular weight is 322 g/mol. The van der Waals surface area contributed by atoms with Gasteiger partial charge in [0.2, 0.25) is 5.91 Å². The normalized spacial score (nSPS) is 17.1. The second kappa shape index (κ2) is 8.13. The van der Waals surface area contributed by atoms with Gasteiger partial charge in [0.05, 0.1) is 5.71 Å². The van der Waals surface area contributed by atoms with Crippen LogP contribution in [0.25, 0.3) is 0 Å². The van der Waals surface area contributed by atoms with Crippen molar-refractivity contribution in [3.8, 4) is 0 Å². The largest absolute Gasteiger partial charge is 0.273 e. The Balaban J connectivity index is 0.00000116. The lowest BCUT2D eigenvalue weighted by molar-refractivity contribution is -0.121. The van der Waals surface area contributed by atoms with Crippen LogP contribution in [0, 0.1) is 18.7 Å². The number of allylic oxidation sites excluding steroid dienone is 1. The molecule has 0 aliphatic carbocycles. The van der Waals surface area contributed by atoms with Gasteiger partial charge in [0.1, 0.15) is 5.82 Å². The van der Waals surface area contributed by atoms with E-state index in [0.29, 0.717) is 23.3 Å². The van der Waals surface area contributed by atoms with Gasteiger partial charge in [0.15, 0.2) is 0 Å². The van der Waals surface area contributed by atoms with Gasteiger partial charge in [-0.25, -0.2) is 9.82 Å². The molecule has 0 aromatic heterocycles. The Morgan fingerprint density at radius 3 is 2.64 bits per heavy atom. The molecule has 2 rings (SSSR count). The Hall–Kier alpha value is -1.62. The van der Waals surface area contributed by atoms with Crippen LogP contribution in [0.1, 0.15) is 45.2 Å². The molecule has 0 bridgehead atoms. The average Bonchev–Trinajstić information content (AvgIpc) is 2.45. The second-order valence-corrected chi connectivity index (χ2v) is 6.36. The zero-order valence-corrected chi connectivity index (χ0v) is 14.6. The Morgan fingerprint density at radius 1 is 1.45 bits per heavy atom. The first kappa shape index (κ1) is 18.4. The minimum Gasteiger partial charge on any atom is -0.273 e. The third-order valence-corrected chi connectivity index (χ3v) is 4.13. The molecule has 1 N–H and O–H groups in total. The smallest absolute Gasteiger partial charge is 0.240 e. The van der Waals surface area contributed by atoms with Crippen molar-refractivity contribution in [3.63, 3.8) is 0 Å². The highest BCUT2D eigenvalue weighted by Crippen LogP contribution is 2.31. The summed E-state index contributed by atoms with van der Waals surface area (Å²) in [5.74, 6) is -0.392. The SMILES string of the molecule is C=C(C)Sc1cc(C2=NNC(=O)CC2C)cc(F)c1C.CC. The van der Waals surface area contributed by atoms with Gasteiger partial charge in [-0.1, -0.05) is 39.1 Å². The third-order valence-electron chi connectivity index (χ3n) is 3.14. The van der Waals surface area contributed by atoms with Crippen LogP contribution in [-0.2, 0) is 4.79 Å². The molecule has 1 aliphatic heterocycles. The first-order valence-electron chi connectivity index (χ1n) is 7.38. The van der Waals surface area contributed by atoms with Crippen LogP contribution in [0.5, 0.6) is 0 Å². The maximum Gasteiger partial charge on any atom is 0.240 e. The van der Waals surface area contributed by atoms with E-state index in [1.54, 1.807) is 6.92 Å². The van der Waals surface area contributed by atoms with Crippen molar-refractivity contribution in [2.75, 3.05) is 0 Å². The molecule has 22 heavy (non-hydrogen) atoms. The number of benzene rings is 1. The molecule has 0 fully saturated rings. The van der Waals surface area contributed by atoms with Crippen LogP contribution >= 0.6 is 11.8 Å². The number of rotatable bonds is 3. The fourth-order valence-electron chi connectivity index (χ4n) is 2.10. The van der Waals surface area contributed by atoms with E-state index < -0.39 is 0 Å².